The summed E-state index contributed by atoms with van der Waals surface area (Å²) in [5.74, 6) is 0. The Morgan fingerprint density at radius 1 is 1.67 bits per heavy atom. The van der Waals surface area contributed by atoms with E-state index in [1.165, 1.54) is 5.57 Å². The van der Waals surface area contributed by atoms with Crippen LogP contribution in [0.5, 0.6) is 0 Å². The monoisotopic (exact) mass is 227 g/mol. The fourth-order valence-electron chi connectivity index (χ4n) is 1.68. The van der Waals surface area contributed by atoms with Gasteiger partial charge in [-0.25, -0.2) is 0 Å². The van der Waals surface area contributed by atoms with Crippen molar-refractivity contribution in [2.24, 2.45) is 0 Å². The first-order valence-corrected chi connectivity index (χ1v) is 5.31. The zero-order valence-corrected chi connectivity index (χ0v) is 9.42. The first-order valence-electron chi connectivity index (χ1n) is 4.93. The van der Waals surface area contributed by atoms with Gasteiger partial charge in [-0.2, -0.15) is 5.10 Å². The molecule has 0 aliphatic carbocycles. The number of hydrogen-bond donors (Lipinski definition) is 1. The molecule has 0 amide bonds. The molecule has 0 radical (unpaired) electrons. The zero-order chi connectivity index (χ0) is 10.7. The van der Waals surface area contributed by atoms with Crippen molar-refractivity contribution in [2.45, 2.75) is 6.54 Å². The minimum absolute atomic E-state index is 0.645. The SMILES string of the molecule is COCCn1ncc(Cl)c1C1=CCNC1. The van der Waals surface area contributed by atoms with Crippen LogP contribution in [0, 0.1) is 0 Å². The number of aromatic nitrogens is 2. The third kappa shape index (κ3) is 2.22. The molecule has 0 atom stereocenters. The highest BCUT2D eigenvalue weighted by Gasteiger charge is 2.15. The molecule has 0 aromatic carbocycles. The van der Waals surface area contributed by atoms with Crippen LogP contribution < -0.4 is 5.32 Å². The molecule has 82 valence electrons. The maximum Gasteiger partial charge on any atom is 0.0862 e. The van der Waals surface area contributed by atoms with Gasteiger partial charge in [-0.05, 0) is 5.57 Å². The lowest BCUT2D eigenvalue weighted by Crippen LogP contribution is -2.12. The van der Waals surface area contributed by atoms with Gasteiger partial charge in [0.1, 0.15) is 0 Å². The van der Waals surface area contributed by atoms with E-state index in [9.17, 15) is 0 Å². The Morgan fingerprint density at radius 3 is 3.20 bits per heavy atom. The van der Waals surface area contributed by atoms with Gasteiger partial charge in [-0.1, -0.05) is 17.7 Å². The van der Waals surface area contributed by atoms with E-state index < -0.39 is 0 Å². The summed E-state index contributed by atoms with van der Waals surface area (Å²) >= 11 is 6.11. The third-order valence-electron chi connectivity index (χ3n) is 2.41. The highest BCUT2D eigenvalue weighted by atomic mass is 35.5. The van der Waals surface area contributed by atoms with Gasteiger partial charge in [0.2, 0.25) is 0 Å². The maximum absolute atomic E-state index is 6.11. The lowest BCUT2D eigenvalue weighted by molar-refractivity contribution is 0.183. The molecular formula is C10H14ClN3O. The van der Waals surface area contributed by atoms with Crippen molar-refractivity contribution in [1.29, 1.82) is 0 Å². The van der Waals surface area contributed by atoms with E-state index in [0.717, 1.165) is 25.3 Å². The number of methoxy groups -OCH3 is 1. The number of rotatable bonds is 4. The Hall–Kier alpha value is -0.840. The molecule has 0 unspecified atom stereocenters. The summed E-state index contributed by atoms with van der Waals surface area (Å²) in [7, 11) is 1.68. The standard InChI is InChI=1S/C10H14ClN3O/c1-15-5-4-14-10(9(11)7-13-14)8-2-3-12-6-8/h2,7,12H,3-6H2,1H3. The summed E-state index contributed by atoms with van der Waals surface area (Å²) in [6, 6.07) is 0. The van der Waals surface area contributed by atoms with Gasteiger partial charge in [0, 0.05) is 20.2 Å². The first-order chi connectivity index (χ1) is 7.33. The van der Waals surface area contributed by atoms with Gasteiger partial charge in [0.25, 0.3) is 0 Å². The van der Waals surface area contributed by atoms with Crippen molar-refractivity contribution in [3.8, 4) is 0 Å². The van der Waals surface area contributed by atoms with Crippen LogP contribution in [0.2, 0.25) is 5.02 Å². The largest absolute Gasteiger partial charge is 0.383 e. The van der Waals surface area contributed by atoms with Crippen LogP contribution in [-0.2, 0) is 11.3 Å². The zero-order valence-electron chi connectivity index (χ0n) is 8.66. The quantitative estimate of drug-likeness (QED) is 0.840. The van der Waals surface area contributed by atoms with Crippen LogP contribution in [-0.4, -0.2) is 36.6 Å². The van der Waals surface area contributed by atoms with Crippen molar-refractivity contribution in [2.75, 3.05) is 26.8 Å². The molecule has 1 aliphatic rings. The average Bonchev–Trinajstić information content (AvgIpc) is 2.84. The molecule has 0 saturated carbocycles. The molecule has 1 aromatic heterocycles. The summed E-state index contributed by atoms with van der Waals surface area (Å²) in [5, 5.41) is 8.19. The number of ether oxygens (including phenoxy) is 1. The van der Waals surface area contributed by atoms with Crippen LogP contribution in [0.25, 0.3) is 5.57 Å². The summed E-state index contributed by atoms with van der Waals surface area (Å²) in [4.78, 5) is 0. The predicted molar refractivity (Wildman–Crippen MR) is 60.0 cm³/mol. The van der Waals surface area contributed by atoms with Crippen LogP contribution in [0.3, 0.4) is 0 Å². The molecule has 0 fully saturated rings. The van der Waals surface area contributed by atoms with E-state index in [2.05, 4.69) is 16.5 Å². The smallest absolute Gasteiger partial charge is 0.0862 e. The topological polar surface area (TPSA) is 39.1 Å². The Balaban J connectivity index is 2.23. The molecule has 5 heteroatoms. The van der Waals surface area contributed by atoms with Gasteiger partial charge < -0.3 is 10.1 Å². The van der Waals surface area contributed by atoms with Crippen LogP contribution in [0.15, 0.2) is 12.3 Å². The molecule has 15 heavy (non-hydrogen) atoms. The predicted octanol–water partition coefficient (Wildman–Crippen LogP) is 1.17. The van der Waals surface area contributed by atoms with Crippen LogP contribution >= 0.6 is 11.6 Å². The Morgan fingerprint density at radius 2 is 2.53 bits per heavy atom. The Labute approximate surface area is 93.9 Å². The molecule has 2 heterocycles. The molecule has 0 spiro atoms. The second-order valence-corrected chi connectivity index (χ2v) is 3.82. The number of nitrogens with one attached hydrogen (secondary N) is 1. The first kappa shape index (κ1) is 10.7. The molecular weight excluding hydrogens is 214 g/mol. The van der Waals surface area contributed by atoms with Gasteiger partial charge in [0.05, 0.1) is 30.1 Å². The number of nitrogens with zero attached hydrogens (tertiary/aromatic N) is 2. The van der Waals surface area contributed by atoms with E-state index in [4.69, 9.17) is 16.3 Å². The van der Waals surface area contributed by atoms with Gasteiger partial charge in [-0.3, -0.25) is 4.68 Å². The Bertz CT molecular complexity index is 373. The molecule has 1 N–H and O–H groups in total. The van der Waals surface area contributed by atoms with Crippen molar-refractivity contribution in [3.05, 3.63) is 23.0 Å². The van der Waals surface area contributed by atoms with Crippen LogP contribution in [0.1, 0.15) is 5.69 Å². The van der Waals surface area contributed by atoms with Crippen molar-refractivity contribution in [3.63, 3.8) is 0 Å². The van der Waals surface area contributed by atoms with Gasteiger partial charge in [-0.15, -0.1) is 0 Å². The van der Waals surface area contributed by atoms with Gasteiger partial charge in [0.15, 0.2) is 0 Å². The maximum atomic E-state index is 6.11. The summed E-state index contributed by atoms with van der Waals surface area (Å²) in [5.41, 5.74) is 2.23. The number of hydrogen-bond acceptors (Lipinski definition) is 3. The second kappa shape index (κ2) is 4.79. The van der Waals surface area contributed by atoms with Crippen molar-refractivity contribution >= 4 is 17.2 Å². The normalized spacial score (nSPS) is 15.7. The van der Waals surface area contributed by atoms with Crippen LogP contribution in [0.4, 0.5) is 0 Å². The summed E-state index contributed by atoms with van der Waals surface area (Å²) in [6.07, 6.45) is 3.83. The highest BCUT2D eigenvalue weighted by Crippen LogP contribution is 2.24. The van der Waals surface area contributed by atoms with Crippen molar-refractivity contribution in [1.82, 2.24) is 15.1 Å². The molecule has 0 saturated heterocycles. The fraction of sp³-hybridized carbons (Fsp3) is 0.500. The van der Waals surface area contributed by atoms with Gasteiger partial charge >= 0.3 is 0 Å². The Kier molecular flexibility index (Phi) is 3.41. The highest BCUT2D eigenvalue weighted by molar-refractivity contribution is 6.32. The fourth-order valence-corrected chi connectivity index (χ4v) is 1.95. The summed E-state index contributed by atoms with van der Waals surface area (Å²) in [6.45, 7) is 3.14. The van der Waals surface area contributed by atoms with E-state index in [-0.39, 0.29) is 0 Å². The van der Waals surface area contributed by atoms with Crippen molar-refractivity contribution < 1.29 is 4.74 Å². The lowest BCUT2D eigenvalue weighted by Gasteiger charge is -2.07. The molecule has 0 bridgehead atoms. The lowest BCUT2D eigenvalue weighted by atomic mass is 10.2. The number of halogens is 1. The van der Waals surface area contributed by atoms with E-state index in [1.54, 1.807) is 13.3 Å². The van der Waals surface area contributed by atoms with E-state index in [0.29, 0.717) is 11.6 Å². The second-order valence-electron chi connectivity index (χ2n) is 3.42. The minimum Gasteiger partial charge on any atom is -0.383 e. The molecule has 2 rings (SSSR count). The average molecular weight is 228 g/mol. The third-order valence-corrected chi connectivity index (χ3v) is 2.69. The molecule has 1 aliphatic heterocycles. The van der Waals surface area contributed by atoms with E-state index >= 15 is 0 Å². The summed E-state index contributed by atoms with van der Waals surface area (Å²) < 4.78 is 6.93. The van der Waals surface area contributed by atoms with E-state index in [1.807, 2.05) is 4.68 Å². The molecule has 4 nitrogen and oxygen atoms in total. The molecule has 1 aromatic rings. The minimum atomic E-state index is 0.645.